The van der Waals surface area contributed by atoms with Crippen molar-refractivity contribution < 1.29 is 32.8 Å². The molecule has 106 valence electrons. The van der Waals surface area contributed by atoms with Gasteiger partial charge in [0.1, 0.15) is 11.5 Å². The van der Waals surface area contributed by atoms with Crippen molar-refractivity contribution in [2.24, 2.45) is 5.41 Å². The summed E-state index contributed by atoms with van der Waals surface area (Å²) in [7, 11) is -4.53. The molecule has 0 aliphatic carbocycles. The Morgan fingerprint density at radius 2 is 1.83 bits per heavy atom. The van der Waals surface area contributed by atoms with Crippen LogP contribution in [-0.4, -0.2) is 51.9 Å². The molecule has 1 rings (SSSR count). The maximum atomic E-state index is 11.6. The van der Waals surface area contributed by atoms with E-state index in [4.69, 9.17) is 9.39 Å². The molecule has 18 heavy (non-hydrogen) atoms. The Morgan fingerprint density at radius 3 is 2.17 bits per heavy atom. The van der Waals surface area contributed by atoms with E-state index >= 15 is 0 Å². The van der Waals surface area contributed by atoms with E-state index in [1.54, 1.807) is 20.8 Å². The second-order valence-corrected chi connectivity index (χ2v) is 6.81. The van der Waals surface area contributed by atoms with Gasteiger partial charge in [0.15, 0.2) is 6.23 Å². The van der Waals surface area contributed by atoms with Crippen molar-refractivity contribution in [3.8, 4) is 0 Å². The molecule has 3 unspecified atom stereocenters. The average Bonchev–Trinajstić information content (AvgIpc) is 2.43. The number of hydrogen-bond donors (Lipinski definition) is 3. The van der Waals surface area contributed by atoms with Gasteiger partial charge in [0.05, 0.1) is 5.41 Å². The van der Waals surface area contributed by atoms with Crippen LogP contribution in [0.4, 0.5) is 0 Å². The van der Waals surface area contributed by atoms with E-state index in [-0.39, 0.29) is 0 Å². The fourth-order valence-corrected chi connectivity index (χ4v) is 2.24. The Kier molecular flexibility index (Phi) is 4.03. The Bertz CT molecular complexity index is 427. The maximum Gasteiger partial charge on any atom is 0.330 e. The second-order valence-electron chi connectivity index (χ2n) is 5.17. The third-order valence-corrected chi connectivity index (χ3v) is 3.71. The minimum Gasteiger partial charge on any atom is -0.375 e. The Labute approximate surface area is 105 Å². The number of hydroxylamine groups is 2. The molecule has 0 aromatic rings. The summed E-state index contributed by atoms with van der Waals surface area (Å²) in [6.45, 7) is 4.68. The highest BCUT2D eigenvalue weighted by Gasteiger charge is 2.49. The van der Waals surface area contributed by atoms with Gasteiger partial charge < -0.3 is 15.1 Å². The normalized spacial score (nSPS) is 30.4. The van der Waals surface area contributed by atoms with E-state index in [9.17, 15) is 23.4 Å². The summed E-state index contributed by atoms with van der Waals surface area (Å²) in [5.74, 6) is -0.739. The van der Waals surface area contributed by atoms with Crippen molar-refractivity contribution in [1.82, 2.24) is 5.06 Å². The van der Waals surface area contributed by atoms with Crippen molar-refractivity contribution in [2.75, 3.05) is 0 Å². The predicted molar refractivity (Wildman–Crippen MR) is 59.4 cm³/mol. The molecule has 1 saturated heterocycles. The number of rotatable bonds is 2. The molecule has 1 heterocycles. The van der Waals surface area contributed by atoms with Crippen LogP contribution in [-0.2, 0) is 19.8 Å². The molecular formula is C9H17NO7S. The molecule has 1 aliphatic rings. The molecule has 3 atom stereocenters. The SMILES string of the molecule is CC(C)(C)C(=O)ON1C(O)CC(S(=O)(=O)O)C1O. The molecule has 0 radical (unpaired) electrons. The Balaban J connectivity index is 2.83. The highest BCUT2D eigenvalue weighted by Crippen LogP contribution is 2.28. The fourth-order valence-electron chi connectivity index (χ4n) is 1.40. The smallest absolute Gasteiger partial charge is 0.330 e. The first-order chi connectivity index (χ1) is 7.94. The lowest BCUT2D eigenvalue weighted by Gasteiger charge is -2.26. The van der Waals surface area contributed by atoms with E-state index in [2.05, 4.69) is 0 Å². The summed E-state index contributed by atoms with van der Waals surface area (Å²) in [6.07, 6.45) is -3.74. The van der Waals surface area contributed by atoms with Crippen molar-refractivity contribution in [2.45, 2.75) is 44.9 Å². The van der Waals surface area contributed by atoms with E-state index < -0.39 is 45.6 Å². The highest BCUT2D eigenvalue weighted by molar-refractivity contribution is 7.86. The largest absolute Gasteiger partial charge is 0.375 e. The Hall–Kier alpha value is -0.740. The minimum absolute atomic E-state index is 0.447. The van der Waals surface area contributed by atoms with Gasteiger partial charge >= 0.3 is 5.97 Å². The standard InChI is InChI=1S/C9H17NO7S/c1-9(2,3)8(13)17-10-6(11)4-5(7(10)12)18(14,15)16/h5-7,11-12H,4H2,1-3H3,(H,14,15,16). The van der Waals surface area contributed by atoms with Gasteiger partial charge in [0, 0.05) is 6.42 Å². The van der Waals surface area contributed by atoms with Gasteiger partial charge in [-0.2, -0.15) is 8.42 Å². The molecule has 8 nitrogen and oxygen atoms in total. The van der Waals surface area contributed by atoms with Crippen molar-refractivity contribution in [3.05, 3.63) is 0 Å². The number of hydrogen-bond acceptors (Lipinski definition) is 7. The van der Waals surface area contributed by atoms with Crippen LogP contribution in [0.25, 0.3) is 0 Å². The average molecular weight is 283 g/mol. The number of carbonyl (C=O) groups is 1. The predicted octanol–water partition coefficient (Wildman–Crippen LogP) is -0.910. The number of aliphatic hydroxyl groups excluding tert-OH is 2. The topological polar surface area (TPSA) is 124 Å². The lowest BCUT2D eigenvalue weighted by Crippen LogP contribution is -2.44. The van der Waals surface area contributed by atoms with Crippen LogP contribution >= 0.6 is 0 Å². The van der Waals surface area contributed by atoms with Crippen molar-refractivity contribution in [1.29, 1.82) is 0 Å². The van der Waals surface area contributed by atoms with Gasteiger partial charge in [-0.25, -0.2) is 4.79 Å². The lowest BCUT2D eigenvalue weighted by atomic mass is 9.98. The summed E-state index contributed by atoms with van der Waals surface area (Å²) in [5.41, 5.74) is -0.879. The number of nitrogens with zero attached hydrogens (tertiary/aromatic N) is 1. The zero-order valence-electron chi connectivity index (χ0n) is 10.3. The Morgan fingerprint density at radius 1 is 1.33 bits per heavy atom. The highest BCUT2D eigenvalue weighted by atomic mass is 32.2. The molecule has 0 saturated carbocycles. The van der Waals surface area contributed by atoms with Crippen LogP contribution in [0, 0.1) is 5.41 Å². The zero-order chi connectivity index (χ0) is 14.3. The minimum atomic E-state index is -4.53. The molecule has 9 heteroatoms. The van der Waals surface area contributed by atoms with Gasteiger partial charge in [-0.3, -0.25) is 4.55 Å². The summed E-state index contributed by atoms with van der Waals surface area (Å²) in [5, 5.41) is 18.0. The molecule has 3 N–H and O–H groups in total. The monoisotopic (exact) mass is 283 g/mol. The summed E-state index contributed by atoms with van der Waals surface area (Å²) < 4.78 is 30.7. The second kappa shape index (κ2) is 4.74. The van der Waals surface area contributed by atoms with Gasteiger partial charge in [-0.05, 0) is 20.8 Å². The van der Waals surface area contributed by atoms with Crippen LogP contribution in [0.2, 0.25) is 0 Å². The quantitative estimate of drug-likeness (QED) is 0.556. The first-order valence-electron chi connectivity index (χ1n) is 5.28. The van der Waals surface area contributed by atoms with Gasteiger partial charge in [-0.1, -0.05) is 5.06 Å². The van der Waals surface area contributed by atoms with Crippen LogP contribution < -0.4 is 0 Å². The van der Waals surface area contributed by atoms with Gasteiger partial charge in [0.2, 0.25) is 0 Å². The molecule has 1 fully saturated rings. The molecule has 0 bridgehead atoms. The number of carbonyl (C=O) groups excluding carboxylic acids is 1. The summed E-state index contributed by atoms with van der Waals surface area (Å²) in [6, 6.07) is 0. The van der Waals surface area contributed by atoms with E-state index in [0.717, 1.165) is 0 Å². The van der Waals surface area contributed by atoms with E-state index in [1.165, 1.54) is 0 Å². The summed E-state index contributed by atoms with van der Waals surface area (Å²) in [4.78, 5) is 16.3. The van der Waals surface area contributed by atoms with Crippen LogP contribution in [0.3, 0.4) is 0 Å². The van der Waals surface area contributed by atoms with Crippen molar-refractivity contribution in [3.63, 3.8) is 0 Å². The lowest BCUT2D eigenvalue weighted by molar-refractivity contribution is -0.267. The molecule has 0 aromatic carbocycles. The van der Waals surface area contributed by atoms with E-state index in [1.807, 2.05) is 0 Å². The zero-order valence-corrected chi connectivity index (χ0v) is 11.1. The maximum absolute atomic E-state index is 11.6. The summed E-state index contributed by atoms with van der Waals surface area (Å²) >= 11 is 0. The van der Waals surface area contributed by atoms with Crippen molar-refractivity contribution >= 4 is 16.1 Å². The first-order valence-corrected chi connectivity index (χ1v) is 6.78. The van der Waals surface area contributed by atoms with Crippen LogP contribution in [0.1, 0.15) is 27.2 Å². The molecule has 0 aromatic heterocycles. The van der Waals surface area contributed by atoms with Gasteiger partial charge in [-0.15, -0.1) is 0 Å². The number of aliphatic hydroxyl groups is 2. The van der Waals surface area contributed by atoms with Gasteiger partial charge in [0.25, 0.3) is 10.1 Å². The molecule has 0 spiro atoms. The third-order valence-electron chi connectivity index (χ3n) is 2.51. The molecule has 1 aliphatic heterocycles. The molecular weight excluding hydrogens is 266 g/mol. The third kappa shape index (κ3) is 3.18. The molecule has 0 amide bonds. The van der Waals surface area contributed by atoms with Crippen LogP contribution in [0.15, 0.2) is 0 Å². The van der Waals surface area contributed by atoms with E-state index in [0.29, 0.717) is 5.06 Å². The fraction of sp³-hybridized carbons (Fsp3) is 0.889. The first kappa shape index (κ1) is 15.3. The van der Waals surface area contributed by atoms with Crippen LogP contribution in [0.5, 0.6) is 0 Å².